The third kappa shape index (κ3) is 4.98. The van der Waals surface area contributed by atoms with Crippen LogP contribution in [0.2, 0.25) is 0 Å². The molecule has 1 amide bonds. The maximum absolute atomic E-state index is 13.4. The first-order valence-electron chi connectivity index (χ1n) is 10.3. The van der Waals surface area contributed by atoms with Crippen LogP contribution in [0.1, 0.15) is 15.9 Å². The third-order valence-corrected chi connectivity index (χ3v) is 6.02. The molecule has 1 aromatic heterocycles. The molecule has 0 aliphatic rings. The first kappa shape index (κ1) is 21.6. The lowest BCUT2D eigenvalue weighted by Gasteiger charge is -2.20. The Kier molecular flexibility index (Phi) is 6.82. The summed E-state index contributed by atoms with van der Waals surface area (Å²) < 4.78 is 10.5. The molecule has 0 saturated heterocycles. The highest BCUT2D eigenvalue weighted by molar-refractivity contribution is 7.14. The summed E-state index contributed by atoms with van der Waals surface area (Å²) in [7, 11) is 3.25. The van der Waals surface area contributed by atoms with Gasteiger partial charge in [-0.2, -0.15) is 0 Å². The summed E-state index contributed by atoms with van der Waals surface area (Å²) in [4.78, 5) is 20.0. The second-order valence-corrected chi connectivity index (χ2v) is 8.00. The Bertz CT molecular complexity index is 1160. The maximum Gasteiger partial charge on any atom is 0.260 e. The lowest BCUT2D eigenvalue weighted by molar-refractivity contribution is 0.0987. The van der Waals surface area contributed by atoms with Crippen LogP contribution in [-0.4, -0.2) is 31.7 Å². The van der Waals surface area contributed by atoms with Gasteiger partial charge < -0.3 is 9.47 Å². The Morgan fingerprint density at radius 1 is 0.875 bits per heavy atom. The summed E-state index contributed by atoms with van der Waals surface area (Å²) in [5.41, 5.74) is 3.58. The molecule has 6 heteroatoms. The summed E-state index contributed by atoms with van der Waals surface area (Å²) >= 11 is 1.47. The molecule has 4 aromatic rings. The summed E-state index contributed by atoms with van der Waals surface area (Å²) in [6.07, 6.45) is 0.736. The number of aromatic nitrogens is 1. The average Bonchev–Trinajstić information content (AvgIpc) is 3.35. The minimum Gasteiger partial charge on any atom is -0.497 e. The number of carbonyl (C=O) groups excluding carboxylic acids is 1. The number of thiazole rings is 1. The van der Waals surface area contributed by atoms with Crippen molar-refractivity contribution in [1.29, 1.82) is 0 Å². The average molecular weight is 445 g/mol. The first-order chi connectivity index (χ1) is 15.7. The summed E-state index contributed by atoms with van der Waals surface area (Å²) in [6, 6.07) is 25.1. The van der Waals surface area contributed by atoms with Gasteiger partial charge in [-0.15, -0.1) is 11.3 Å². The molecule has 0 saturated carbocycles. The SMILES string of the molecule is COc1ccc(C(=O)N(CCc2ccccc2)c2nc(-c3ccc(OC)cc3)cs2)cc1. The number of hydrogen-bond donors (Lipinski definition) is 0. The molecule has 3 aromatic carbocycles. The number of hydrogen-bond acceptors (Lipinski definition) is 5. The quantitative estimate of drug-likeness (QED) is 0.349. The number of anilines is 1. The van der Waals surface area contributed by atoms with Crippen LogP contribution in [0.3, 0.4) is 0 Å². The van der Waals surface area contributed by atoms with Gasteiger partial charge in [-0.25, -0.2) is 4.98 Å². The van der Waals surface area contributed by atoms with Crippen LogP contribution in [-0.2, 0) is 6.42 Å². The lowest BCUT2D eigenvalue weighted by atomic mass is 10.1. The van der Waals surface area contributed by atoms with E-state index in [4.69, 9.17) is 14.5 Å². The first-order valence-corrected chi connectivity index (χ1v) is 11.2. The van der Waals surface area contributed by atoms with Gasteiger partial charge in [-0.05, 0) is 60.5 Å². The third-order valence-electron chi connectivity index (χ3n) is 5.16. The van der Waals surface area contributed by atoms with Gasteiger partial charge in [0.2, 0.25) is 0 Å². The van der Waals surface area contributed by atoms with Gasteiger partial charge >= 0.3 is 0 Å². The number of ether oxygens (including phenoxy) is 2. The Balaban J connectivity index is 1.61. The molecule has 0 atom stereocenters. The van der Waals surface area contributed by atoms with E-state index in [1.807, 2.05) is 47.8 Å². The van der Waals surface area contributed by atoms with Crippen molar-refractivity contribution in [3.63, 3.8) is 0 Å². The number of benzene rings is 3. The van der Waals surface area contributed by atoms with Crippen molar-refractivity contribution < 1.29 is 14.3 Å². The van der Waals surface area contributed by atoms with Gasteiger partial charge in [0.05, 0.1) is 19.9 Å². The van der Waals surface area contributed by atoms with Crippen molar-refractivity contribution in [2.45, 2.75) is 6.42 Å². The van der Waals surface area contributed by atoms with E-state index in [9.17, 15) is 4.79 Å². The van der Waals surface area contributed by atoms with Crippen LogP contribution >= 0.6 is 11.3 Å². The van der Waals surface area contributed by atoms with Crippen LogP contribution in [0.25, 0.3) is 11.3 Å². The van der Waals surface area contributed by atoms with Crippen molar-refractivity contribution in [2.24, 2.45) is 0 Å². The molecule has 0 spiro atoms. The maximum atomic E-state index is 13.4. The zero-order valence-electron chi connectivity index (χ0n) is 18.0. The van der Waals surface area contributed by atoms with Crippen molar-refractivity contribution in [3.8, 4) is 22.8 Å². The van der Waals surface area contributed by atoms with Crippen molar-refractivity contribution in [1.82, 2.24) is 4.98 Å². The van der Waals surface area contributed by atoms with E-state index in [1.165, 1.54) is 16.9 Å². The Morgan fingerprint density at radius 2 is 1.50 bits per heavy atom. The van der Waals surface area contributed by atoms with E-state index < -0.39 is 0 Å². The second-order valence-electron chi connectivity index (χ2n) is 7.16. The lowest BCUT2D eigenvalue weighted by Crippen LogP contribution is -2.32. The minimum atomic E-state index is -0.0841. The van der Waals surface area contributed by atoms with E-state index in [0.717, 1.165) is 23.4 Å². The predicted molar refractivity (Wildman–Crippen MR) is 129 cm³/mol. The van der Waals surface area contributed by atoms with Gasteiger partial charge in [0.25, 0.3) is 5.91 Å². The Labute approximate surface area is 191 Å². The van der Waals surface area contributed by atoms with Crippen LogP contribution in [0.4, 0.5) is 5.13 Å². The number of rotatable bonds is 8. The smallest absolute Gasteiger partial charge is 0.260 e. The molecule has 32 heavy (non-hydrogen) atoms. The number of methoxy groups -OCH3 is 2. The number of amides is 1. The molecular weight excluding hydrogens is 420 g/mol. The molecule has 4 rings (SSSR count). The fourth-order valence-corrected chi connectivity index (χ4v) is 4.20. The molecule has 0 bridgehead atoms. The van der Waals surface area contributed by atoms with Crippen LogP contribution in [0, 0.1) is 0 Å². The van der Waals surface area contributed by atoms with Crippen LogP contribution in [0.5, 0.6) is 11.5 Å². The zero-order chi connectivity index (χ0) is 22.3. The zero-order valence-corrected chi connectivity index (χ0v) is 18.8. The summed E-state index contributed by atoms with van der Waals surface area (Å²) in [6.45, 7) is 0.532. The van der Waals surface area contributed by atoms with E-state index in [2.05, 4.69) is 12.1 Å². The fourth-order valence-electron chi connectivity index (χ4n) is 3.34. The number of carbonyl (C=O) groups is 1. The topological polar surface area (TPSA) is 51.7 Å². The van der Waals surface area contributed by atoms with Crippen molar-refractivity contribution in [2.75, 3.05) is 25.7 Å². The monoisotopic (exact) mass is 444 g/mol. The molecule has 0 fully saturated rings. The molecule has 162 valence electrons. The van der Waals surface area contributed by atoms with Crippen LogP contribution < -0.4 is 14.4 Å². The Hall–Kier alpha value is -3.64. The highest BCUT2D eigenvalue weighted by Gasteiger charge is 2.21. The molecule has 0 aliphatic carbocycles. The van der Waals surface area contributed by atoms with Gasteiger partial charge in [0, 0.05) is 23.1 Å². The predicted octanol–water partition coefficient (Wildman–Crippen LogP) is 5.72. The van der Waals surface area contributed by atoms with E-state index >= 15 is 0 Å². The molecule has 5 nitrogen and oxygen atoms in total. The molecule has 0 N–H and O–H groups in total. The molecule has 1 heterocycles. The summed E-state index contributed by atoms with van der Waals surface area (Å²) in [5, 5.41) is 2.65. The van der Waals surface area contributed by atoms with Gasteiger partial charge in [-0.3, -0.25) is 9.69 Å². The highest BCUT2D eigenvalue weighted by Crippen LogP contribution is 2.30. The Morgan fingerprint density at radius 3 is 2.12 bits per heavy atom. The molecule has 0 radical (unpaired) electrons. The molecular formula is C26H24N2O3S. The highest BCUT2D eigenvalue weighted by atomic mass is 32.1. The standard InChI is InChI=1S/C26H24N2O3S/c1-30-22-12-8-20(9-13-22)24-18-32-26(27-24)28(17-16-19-6-4-3-5-7-19)25(29)21-10-14-23(31-2)15-11-21/h3-15,18H,16-17H2,1-2H3. The van der Waals surface area contributed by atoms with Gasteiger partial charge in [-0.1, -0.05) is 30.3 Å². The number of nitrogens with zero attached hydrogens (tertiary/aromatic N) is 2. The molecule has 0 aliphatic heterocycles. The van der Waals surface area contributed by atoms with E-state index in [0.29, 0.717) is 23.0 Å². The summed E-state index contributed by atoms with van der Waals surface area (Å²) in [5.74, 6) is 1.43. The van der Waals surface area contributed by atoms with Crippen LogP contribution in [0.15, 0.2) is 84.2 Å². The molecule has 0 unspecified atom stereocenters. The van der Waals surface area contributed by atoms with Gasteiger partial charge in [0.1, 0.15) is 11.5 Å². The van der Waals surface area contributed by atoms with Crippen molar-refractivity contribution in [3.05, 3.63) is 95.4 Å². The second kappa shape index (κ2) is 10.1. The normalized spacial score (nSPS) is 10.6. The largest absolute Gasteiger partial charge is 0.497 e. The fraction of sp³-hybridized carbons (Fsp3) is 0.154. The van der Waals surface area contributed by atoms with E-state index in [1.54, 1.807) is 43.4 Å². The minimum absolute atomic E-state index is 0.0841. The van der Waals surface area contributed by atoms with E-state index in [-0.39, 0.29) is 5.91 Å². The van der Waals surface area contributed by atoms with Crippen molar-refractivity contribution >= 4 is 22.4 Å². The van der Waals surface area contributed by atoms with Gasteiger partial charge in [0.15, 0.2) is 5.13 Å².